The molecule has 12 heterocycles. The predicted octanol–water partition coefficient (Wildman–Crippen LogP) is 14.9. The molecular weight excluding hydrogens is 1100 g/mol. The van der Waals surface area contributed by atoms with Crippen LogP contribution in [-0.4, -0.2) is 122 Å². The van der Waals surface area contributed by atoms with E-state index in [9.17, 15) is 0 Å². The molecule has 0 spiro atoms. The highest BCUT2D eigenvalue weighted by atomic mass is 16.6. The van der Waals surface area contributed by atoms with E-state index in [-0.39, 0.29) is 0 Å². The Morgan fingerprint density at radius 2 is 0.557 bits per heavy atom. The van der Waals surface area contributed by atoms with Crippen LogP contribution in [0.15, 0.2) is 158 Å². The first-order chi connectivity index (χ1) is 43.6. The molecule has 0 amide bonds. The molecule has 0 saturated heterocycles. The van der Waals surface area contributed by atoms with Gasteiger partial charge in [-0.15, -0.1) is 0 Å². The summed E-state index contributed by atoms with van der Waals surface area (Å²) in [5, 5.41) is 6.63. The average molecular weight is 1180 g/mol. The van der Waals surface area contributed by atoms with Gasteiger partial charge in [-0.25, -0.2) is 9.97 Å². The van der Waals surface area contributed by atoms with Gasteiger partial charge in [0.25, 0.3) is 0 Å². The van der Waals surface area contributed by atoms with E-state index < -0.39 is 0 Å². The van der Waals surface area contributed by atoms with Gasteiger partial charge in [0.1, 0.15) is 24.7 Å². The topological polar surface area (TPSA) is 151 Å². The van der Waals surface area contributed by atoms with Crippen molar-refractivity contribution in [3.05, 3.63) is 181 Å². The van der Waals surface area contributed by atoms with Gasteiger partial charge in [-0.1, -0.05) is 92.4 Å². The zero-order valence-corrected chi connectivity index (χ0v) is 50.3. The molecule has 14 nitrogen and oxygen atoms in total. The quantitative estimate of drug-likeness (QED) is 0.132. The average Bonchev–Trinajstić information content (AvgIpc) is 3.40. The molecular formula is C74H78N6O8. The summed E-state index contributed by atoms with van der Waals surface area (Å²) >= 11 is 0. The second kappa shape index (κ2) is 31.2. The summed E-state index contributed by atoms with van der Waals surface area (Å²) in [5.74, 6) is 1.56. The van der Waals surface area contributed by atoms with Crippen molar-refractivity contribution in [2.75, 3.05) is 92.5 Å². The van der Waals surface area contributed by atoms with Crippen LogP contribution in [0.5, 0.6) is 11.5 Å². The zero-order chi connectivity index (χ0) is 59.4. The van der Waals surface area contributed by atoms with Crippen molar-refractivity contribution in [1.82, 2.24) is 29.9 Å². The van der Waals surface area contributed by atoms with Crippen molar-refractivity contribution in [2.24, 2.45) is 0 Å². The Labute approximate surface area is 514 Å². The van der Waals surface area contributed by atoms with Gasteiger partial charge in [0.05, 0.1) is 124 Å². The van der Waals surface area contributed by atoms with Crippen molar-refractivity contribution in [1.29, 1.82) is 0 Å². The SMILES string of the molecule is c1nc2c3ccc4ccc(nc42)CCCCCCc2ccc4ccc5ccc(nc5c4n2)-c2ccc(cc2)OCCOCCOCCOCCOCCOCCOCCOc2ccc(cc2)-c2ccc4ccc5ccc(nc5c4n2)CCCCCCc1c3. The summed E-state index contributed by atoms with van der Waals surface area (Å²) in [6.07, 6.45) is 14.8. The Morgan fingerprint density at radius 3 is 0.943 bits per heavy atom. The Kier molecular flexibility index (Phi) is 21.4. The Bertz CT molecular complexity index is 4050. The molecule has 0 unspecified atom stereocenters. The molecule has 6 aromatic heterocycles. The van der Waals surface area contributed by atoms with E-state index in [1.165, 1.54) is 5.56 Å². The second-order valence-corrected chi connectivity index (χ2v) is 22.5. The van der Waals surface area contributed by atoms with Crippen LogP contribution < -0.4 is 9.47 Å². The van der Waals surface area contributed by atoms with Gasteiger partial charge in [0, 0.05) is 66.7 Å². The van der Waals surface area contributed by atoms with E-state index in [0.29, 0.717) is 92.5 Å². The molecule has 0 saturated carbocycles. The van der Waals surface area contributed by atoms with Crippen LogP contribution in [-0.2, 0) is 54.1 Å². The van der Waals surface area contributed by atoms with Crippen LogP contribution in [0.3, 0.4) is 0 Å². The first kappa shape index (κ1) is 60.2. The number of hydrogen-bond acceptors (Lipinski definition) is 14. The van der Waals surface area contributed by atoms with Crippen LogP contribution in [0.1, 0.15) is 74.0 Å². The molecule has 0 atom stereocenters. The lowest BCUT2D eigenvalue weighted by Gasteiger charge is -2.10. The third-order valence-electron chi connectivity index (χ3n) is 16.2. The Morgan fingerprint density at radius 1 is 0.250 bits per heavy atom. The van der Waals surface area contributed by atoms with Crippen molar-refractivity contribution >= 4 is 65.4 Å². The number of hydrogen-bond donors (Lipinski definition) is 0. The first-order valence-corrected chi connectivity index (χ1v) is 31.6. The highest BCUT2D eigenvalue weighted by Crippen LogP contribution is 2.31. The molecule has 452 valence electrons. The van der Waals surface area contributed by atoms with Crippen LogP contribution >= 0.6 is 0 Å². The maximum atomic E-state index is 5.98. The standard InChI is InChI=1S/C74H78N6O8/c1-2-6-11-63-29-20-57-13-15-59-26-35-67(79-73(59)71(57)77-63)54-22-31-65(32-23-54)87-49-47-85-45-43-83-41-39-81-37-38-82-40-42-84-44-46-86-48-50-88-66-33-24-55(25-34-66)68-36-27-60-16-14-58-21-30-64(78-72(58)74(60)80-68)12-8-4-3-7-10-62-28-19-56-17-18-61-51-53(9-5-1)52-75-69(61)70(56)76-62/h13-36,51-52H,1-12,37-50H2. The number of ether oxygens (including phenoxy) is 8. The van der Waals surface area contributed by atoms with Gasteiger partial charge in [0.15, 0.2) is 0 Å². The summed E-state index contributed by atoms with van der Waals surface area (Å²) in [7, 11) is 0. The molecule has 6 aliphatic rings. The van der Waals surface area contributed by atoms with Crippen molar-refractivity contribution < 1.29 is 37.9 Å². The van der Waals surface area contributed by atoms with Gasteiger partial charge < -0.3 is 37.9 Å². The molecule has 0 radical (unpaired) electrons. The third-order valence-corrected chi connectivity index (χ3v) is 16.2. The monoisotopic (exact) mass is 1180 g/mol. The normalized spacial score (nSPS) is 16.5. The van der Waals surface area contributed by atoms with E-state index >= 15 is 0 Å². The lowest BCUT2D eigenvalue weighted by Crippen LogP contribution is -2.15. The van der Waals surface area contributed by atoms with Crippen molar-refractivity contribution in [3.63, 3.8) is 0 Å². The Balaban J connectivity index is 0.643. The second-order valence-electron chi connectivity index (χ2n) is 22.5. The number of pyridine rings is 6. The van der Waals surface area contributed by atoms with Gasteiger partial charge in [-0.3, -0.25) is 19.9 Å². The lowest BCUT2D eigenvalue weighted by molar-refractivity contribution is -0.0187. The largest absolute Gasteiger partial charge is 0.491 e. The third kappa shape index (κ3) is 16.4. The van der Waals surface area contributed by atoms with Crippen molar-refractivity contribution in [2.45, 2.75) is 77.0 Å². The lowest BCUT2D eigenvalue weighted by atomic mass is 10.0. The van der Waals surface area contributed by atoms with Crippen molar-refractivity contribution in [3.8, 4) is 34.0 Å². The number of rotatable bonds is 0. The predicted molar refractivity (Wildman–Crippen MR) is 350 cm³/mol. The number of benzene rings is 5. The van der Waals surface area contributed by atoms with Gasteiger partial charge in [-0.05, 0) is 142 Å². The van der Waals surface area contributed by atoms with E-state index in [2.05, 4.69) is 134 Å². The smallest absolute Gasteiger partial charge is 0.119 e. The first-order valence-electron chi connectivity index (χ1n) is 31.6. The van der Waals surface area contributed by atoms with Crippen LogP contribution in [0, 0.1) is 0 Å². The van der Waals surface area contributed by atoms with E-state index in [4.69, 9.17) is 67.8 Å². The fraction of sp³-hybridized carbons (Fsp3) is 0.351. The summed E-state index contributed by atoms with van der Waals surface area (Å²) < 4.78 is 46.0. The fourth-order valence-corrected chi connectivity index (χ4v) is 11.4. The summed E-state index contributed by atoms with van der Waals surface area (Å²) in [6.45, 7) is 6.61. The van der Waals surface area contributed by atoms with Gasteiger partial charge in [0.2, 0.25) is 0 Å². The Hall–Kier alpha value is -8.08. The van der Waals surface area contributed by atoms with Gasteiger partial charge >= 0.3 is 0 Å². The number of nitrogens with zero attached hydrogens (tertiary/aromatic N) is 6. The molecule has 14 heteroatoms. The molecule has 0 N–H and O–H groups in total. The minimum absolute atomic E-state index is 0.436. The molecule has 17 bridgehead atoms. The molecule has 88 heavy (non-hydrogen) atoms. The highest BCUT2D eigenvalue weighted by Gasteiger charge is 2.13. The minimum Gasteiger partial charge on any atom is -0.491 e. The van der Waals surface area contributed by atoms with Crippen LogP contribution in [0.4, 0.5) is 0 Å². The summed E-state index contributed by atoms with van der Waals surface area (Å²) in [6, 6.07) is 53.0. The maximum absolute atomic E-state index is 5.98. The van der Waals surface area contributed by atoms with Gasteiger partial charge in [-0.2, -0.15) is 0 Å². The molecule has 0 aliphatic carbocycles. The molecule has 5 aromatic carbocycles. The highest BCUT2D eigenvalue weighted by molar-refractivity contribution is 6.05. The molecule has 6 aliphatic heterocycles. The zero-order valence-electron chi connectivity index (χ0n) is 50.3. The number of aromatic nitrogens is 6. The molecule has 17 rings (SSSR count). The summed E-state index contributed by atoms with van der Waals surface area (Å²) in [5.41, 5.74) is 14.1. The number of aryl methyl sites for hydroxylation is 4. The van der Waals surface area contributed by atoms with E-state index in [1.54, 1.807) is 0 Å². The van der Waals surface area contributed by atoms with E-state index in [1.807, 2.05) is 24.3 Å². The molecule has 0 fully saturated rings. The summed E-state index contributed by atoms with van der Waals surface area (Å²) in [4.78, 5) is 30.9. The van der Waals surface area contributed by atoms with Crippen LogP contribution in [0.2, 0.25) is 0 Å². The maximum Gasteiger partial charge on any atom is 0.119 e. The molecule has 11 aromatic rings. The van der Waals surface area contributed by atoms with E-state index in [0.717, 1.165) is 194 Å². The minimum atomic E-state index is 0.436. The fourth-order valence-electron chi connectivity index (χ4n) is 11.4. The van der Waals surface area contributed by atoms with Crippen LogP contribution in [0.25, 0.3) is 87.9 Å².